The van der Waals surface area contributed by atoms with E-state index in [1.807, 2.05) is 20.9 Å². The van der Waals surface area contributed by atoms with Crippen molar-refractivity contribution in [1.29, 1.82) is 0 Å². The molecule has 1 fully saturated rings. The normalized spacial score (nSPS) is 20.3. The van der Waals surface area contributed by atoms with Gasteiger partial charge in [-0.1, -0.05) is 12.1 Å². The van der Waals surface area contributed by atoms with Crippen molar-refractivity contribution in [2.45, 2.75) is 57.8 Å². The first-order valence-electron chi connectivity index (χ1n) is 7.74. The zero-order valence-corrected chi connectivity index (χ0v) is 12.9. The quantitative estimate of drug-likeness (QED) is 0.824. The summed E-state index contributed by atoms with van der Waals surface area (Å²) in [6, 6.07) is 8.84. The molecule has 112 valence electrons. The lowest BCUT2D eigenvalue weighted by Gasteiger charge is -2.19. The van der Waals surface area contributed by atoms with Gasteiger partial charge in [0.2, 0.25) is 0 Å². The lowest BCUT2D eigenvalue weighted by Crippen LogP contribution is -2.18. The summed E-state index contributed by atoms with van der Waals surface area (Å²) in [4.78, 5) is 0. The first-order valence-corrected chi connectivity index (χ1v) is 7.74. The Hall–Kier alpha value is -1.06. The van der Waals surface area contributed by atoms with E-state index in [2.05, 4.69) is 29.6 Å². The van der Waals surface area contributed by atoms with Gasteiger partial charge in [0.15, 0.2) is 0 Å². The lowest BCUT2D eigenvalue weighted by atomic mass is 9.99. The summed E-state index contributed by atoms with van der Waals surface area (Å²) in [5.41, 5.74) is 1.32. The highest BCUT2D eigenvalue weighted by atomic mass is 16.5. The van der Waals surface area contributed by atoms with Crippen molar-refractivity contribution < 1.29 is 9.47 Å². The molecule has 0 saturated carbocycles. The van der Waals surface area contributed by atoms with E-state index >= 15 is 0 Å². The average molecular weight is 277 g/mol. The fourth-order valence-electron chi connectivity index (χ4n) is 2.75. The molecule has 1 saturated heterocycles. The molecule has 0 bridgehead atoms. The Morgan fingerprint density at radius 3 is 2.60 bits per heavy atom. The number of rotatable bonds is 7. The molecule has 0 aromatic heterocycles. The minimum atomic E-state index is 0.223. The van der Waals surface area contributed by atoms with Crippen LogP contribution < -0.4 is 10.1 Å². The van der Waals surface area contributed by atoms with Gasteiger partial charge in [0.05, 0.1) is 12.2 Å². The van der Waals surface area contributed by atoms with Crippen molar-refractivity contribution in [2.75, 3.05) is 13.7 Å². The van der Waals surface area contributed by atoms with Gasteiger partial charge in [0, 0.05) is 12.6 Å². The van der Waals surface area contributed by atoms with E-state index in [0.29, 0.717) is 12.1 Å². The molecule has 3 heteroatoms. The molecular formula is C17H27NO2. The molecular weight excluding hydrogens is 250 g/mol. The van der Waals surface area contributed by atoms with Gasteiger partial charge in [0.25, 0.3) is 0 Å². The summed E-state index contributed by atoms with van der Waals surface area (Å²) in [5.74, 6) is 0.942. The molecule has 2 atom stereocenters. The third kappa shape index (κ3) is 4.50. The fraction of sp³-hybridized carbons (Fsp3) is 0.647. The van der Waals surface area contributed by atoms with E-state index in [1.165, 1.54) is 18.4 Å². The SMILES string of the molecule is CNC(CCC1CCCO1)c1ccc(OC(C)C)cc1. The van der Waals surface area contributed by atoms with E-state index in [0.717, 1.165) is 25.2 Å². The van der Waals surface area contributed by atoms with E-state index in [1.54, 1.807) is 0 Å². The van der Waals surface area contributed by atoms with Gasteiger partial charge in [-0.25, -0.2) is 0 Å². The van der Waals surface area contributed by atoms with Crippen molar-refractivity contribution in [3.05, 3.63) is 29.8 Å². The van der Waals surface area contributed by atoms with Crippen LogP contribution in [0.2, 0.25) is 0 Å². The number of ether oxygens (including phenoxy) is 2. The van der Waals surface area contributed by atoms with Crippen LogP contribution >= 0.6 is 0 Å². The monoisotopic (exact) mass is 277 g/mol. The van der Waals surface area contributed by atoms with E-state index in [-0.39, 0.29) is 6.10 Å². The highest BCUT2D eigenvalue weighted by Gasteiger charge is 2.18. The lowest BCUT2D eigenvalue weighted by molar-refractivity contribution is 0.0998. The van der Waals surface area contributed by atoms with Gasteiger partial charge in [0.1, 0.15) is 5.75 Å². The minimum absolute atomic E-state index is 0.223. The number of hydrogen-bond acceptors (Lipinski definition) is 3. The molecule has 1 aliphatic heterocycles. The van der Waals surface area contributed by atoms with Gasteiger partial charge >= 0.3 is 0 Å². The molecule has 3 nitrogen and oxygen atoms in total. The Labute approximate surface area is 122 Å². The Bertz CT molecular complexity index is 382. The molecule has 0 radical (unpaired) electrons. The van der Waals surface area contributed by atoms with Crippen LogP contribution in [0.4, 0.5) is 0 Å². The third-order valence-electron chi connectivity index (χ3n) is 3.80. The van der Waals surface area contributed by atoms with Crippen molar-refractivity contribution in [2.24, 2.45) is 0 Å². The molecule has 0 spiro atoms. The molecule has 2 rings (SSSR count). The highest BCUT2D eigenvalue weighted by molar-refractivity contribution is 5.29. The molecule has 1 N–H and O–H groups in total. The van der Waals surface area contributed by atoms with E-state index in [9.17, 15) is 0 Å². The second-order valence-electron chi connectivity index (χ2n) is 5.79. The second kappa shape index (κ2) is 7.65. The van der Waals surface area contributed by atoms with Crippen LogP contribution in [0.3, 0.4) is 0 Å². The minimum Gasteiger partial charge on any atom is -0.491 e. The predicted molar refractivity (Wildman–Crippen MR) is 82.2 cm³/mol. The number of nitrogens with one attached hydrogen (secondary N) is 1. The summed E-state index contributed by atoms with van der Waals surface area (Å²) in [6.45, 7) is 5.04. The van der Waals surface area contributed by atoms with Crippen LogP contribution in [0.25, 0.3) is 0 Å². The van der Waals surface area contributed by atoms with Crippen LogP contribution in [-0.4, -0.2) is 25.9 Å². The second-order valence-corrected chi connectivity index (χ2v) is 5.79. The van der Waals surface area contributed by atoms with E-state index < -0.39 is 0 Å². The smallest absolute Gasteiger partial charge is 0.119 e. The fourth-order valence-corrected chi connectivity index (χ4v) is 2.75. The first kappa shape index (κ1) is 15.3. The van der Waals surface area contributed by atoms with Crippen LogP contribution in [0.15, 0.2) is 24.3 Å². The Morgan fingerprint density at radius 2 is 2.05 bits per heavy atom. The maximum absolute atomic E-state index is 5.70. The molecule has 1 heterocycles. The predicted octanol–water partition coefficient (Wildman–Crippen LogP) is 3.69. The zero-order chi connectivity index (χ0) is 14.4. The first-order chi connectivity index (χ1) is 9.69. The standard InChI is InChI=1S/C17H27NO2/c1-13(2)20-16-8-6-14(7-9-16)17(18-3)11-10-15-5-4-12-19-15/h6-9,13,15,17-18H,4-5,10-12H2,1-3H3. The number of benzene rings is 1. The largest absolute Gasteiger partial charge is 0.491 e. The molecule has 0 amide bonds. The maximum Gasteiger partial charge on any atom is 0.119 e. The third-order valence-corrected chi connectivity index (χ3v) is 3.80. The summed E-state index contributed by atoms with van der Waals surface area (Å²) < 4.78 is 11.4. The Balaban J connectivity index is 1.89. The Morgan fingerprint density at radius 1 is 1.30 bits per heavy atom. The maximum atomic E-state index is 5.70. The van der Waals surface area contributed by atoms with Crippen LogP contribution in [-0.2, 0) is 4.74 Å². The molecule has 2 unspecified atom stereocenters. The zero-order valence-electron chi connectivity index (χ0n) is 12.9. The summed E-state index contributed by atoms with van der Waals surface area (Å²) in [5, 5.41) is 3.41. The van der Waals surface area contributed by atoms with Gasteiger partial charge < -0.3 is 14.8 Å². The van der Waals surface area contributed by atoms with Crippen LogP contribution in [0.1, 0.15) is 51.1 Å². The van der Waals surface area contributed by atoms with Gasteiger partial charge in [-0.15, -0.1) is 0 Å². The van der Waals surface area contributed by atoms with Crippen LogP contribution in [0.5, 0.6) is 5.75 Å². The average Bonchev–Trinajstić information content (AvgIpc) is 2.94. The van der Waals surface area contributed by atoms with Crippen molar-refractivity contribution in [3.8, 4) is 5.75 Å². The van der Waals surface area contributed by atoms with E-state index in [4.69, 9.17) is 9.47 Å². The van der Waals surface area contributed by atoms with Crippen molar-refractivity contribution in [1.82, 2.24) is 5.32 Å². The van der Waals surface area contributed by atoms with Gasteiger partial charge in [-0.2, -0.15) is 0 Å². The topological polar surface area (TPSA) is 30.5 Å². The summed E-state index contributed by atoms with van der Waals surface area (Å²) in [7, 11) is 2.03. The summed E-state index contributed by atoms with van der Waals surface area (Å²) >= 11 is 0. The van der Waals surface area contributed by atoms with Gasteiger partial charge in [-0.3, -0.25) is 0 Å². The molecule has 20 heavy (non-hydrogen) atoms. The molecule has 0 aliphatic carbocycles. The summed E-state index contributed by atoms with van der Waals surface area (Å²) in [6.07, 6.45) is 5.38. The van der Waals surface area contributed by atoms with Gasteiger partial charge in [-0.05, 0) is 64.3 Å². The molecule has 1 aromatic carbocycles. The van der Waals surface area contributed by atoms with Crippen molar-refractivity contribution >= 4 is 0 Å². The molecule has 1 aliphatic rings. The van der Waals surface area contributed by atoms with Crippen LogP contribution in [0, 0.1) is 0 Å². The molecule has 1 aromatic rings. The highest BCUT2D eigenvalue weighted by Crippen LogP contribution is 2.25. The Kier molecular flexibility index (Phi) is 5.86. The van der Waals surface area contributed by atoms with Crippen molar-refractivity contribution in [3.63, 3.8) is 0 Å². The number of hydrogen-bond donors (Lipinski definition) is 1.